The molecule has 3 aromatic rings. The minimum atomic E-state index is -0.443. The maximum Gasteiger partial charge on any atom is 0.311 e. The summed E-state index contributed by atoms with van der Waals surface area (Å²) in [6.45, 7) is 2.39. The lowest BCUT2D eigenvalue weighted by Crippen LogP contribution is -2.11. The van der Waals surface area contributed by atoms with Crippen LogP contribution < -0.4 is 19.5 Å². The van der Waals surface area contributed by atoms with Gasteiger partial charge in [-0.15, -0.1) is 11.3 Å². The van der Waals surface area contributed by atoms with Gasteiger partial charge in [-0.3, -0.25) is 14.9 Å². The Bertz CT molecular complexity index is 1060. The molecule has 0 spiro atoms. The number of fused-ring (bicyclic) bond motifs is 1. The molecule has 0 atom stereocenters. The Morgan fingerprint density at radius 2 is 2.07 bits per heavy atom. The summed E-state index contributed by atoms with van der Waals surface area (Å²) in [5.74, 6) is 1.70. The number of esters is 1. The zero-order valence-electron chi connectivity index (χ0n) is 16.0. The van der Waals surface area contributed by atoms with Crippen molar-refractivity contribution in [3.05, 3.63) is 52.9 Å². The highest BCUT2D eigenvalue weighted by Crippen LogP contribution is 2.35. The molecule has 0 bridgehead atoms. The molecular weight excluding hydrogens is 412 g/mol. The third-order valence-electron chi connectivity index (χ3n) is 4.01. The summed E-state index contributed by atoms with van der Waals surface area (Å²) in [5.41, 5.74) is 0.533. The second kappa shape index (κ2) is 8.87. The number of nitrogens with zero attached hydrogens (tertiary/aromatic N) is 1. The molecule has 0 saturated carbocycles. The molecule has 1 amide bonds. The van der Waals surface area contributed by atoms with Crippen LogP contribution in [0.3, 0.4) is 0 Å². The molecule has 4 rings (SSSR count). The van der Waals surface area contributed by atoms with Crippen LogP contribution in [-0.2, 0) is 22.6 Å². The number of benzene rings is 1. The topological polar surface area (TPSA) is 109 Å². The van der Waals surface area contributed by atoms with Crippen LogP contribution in [0.5, 0.6) is 17.2 Å². The average molecular weight is 430 g/mol. The molecular formula is C20H18N2O7S. The molecule has 0 aliphatic carbocycles. The first-order valence-corrected chi connectivity index (χ1v) is 10.0. The first-order valence-electron chi connectivity index (χ1n) is 9.13. The molecule has 0 radical (unpaired) electrons. The second-order valence-electron chi connectivity index (χ2n) is 6.15. The van der Waals surface area contributed by atoms with Crippen LogP contribution in [0, 0.1) is 0 Å². The van der Waals surface area contributed by atoms with Crippen LogP contribution in [0.25, 0.3) is 0 Å². The van der Waals surface area contributed by atoms with Gasteiger partial charge < -0.3 is 23.4 Å². The highest BCUT2D eigenvalue weighted by Gasteiger charge is 2.16. The summed E-state index contributed by atoms with van der Waals surface area (Å²) in [7, 11) is 0. The molecule has 0 saturated heterocycles. The second-order valence-corrected chi connectivity index (χ2v) is 7.01. The van der Waals surface area contributed by atoms with E-state index in [0.29, 0.717) is 40.4 Å². The Labute approximate surface area is 175 Å². The van der Waals surface area contributed by atoms with E-state index < -0.39 is 5.91 Å². The van der Waals surface area contributed by atoms with Gasteiger partial charge in [0.15, 0.2) is 22.4 Å². The van der Waals surface area contributed by atoms with Gasteiger partial charge in [-0.05, 0) is 31.2 Å². The molecule has 3 heterocycles. The summed E-state index contributed by atoms with van der Waals surface area (Å²) in [6, 6.07) is 8.48. The van der Waals surface area contributed by atoms with Crippen LogP contribution >= 0.6 is 11.3 Å². The van der Waals surface area contributed by atoms with Crippen LogP contribution in [0.2, 0.25) is 0 Å². The van der Waals surface area contributed by atoms with E-state index in [4.69, 9.17) is 23.4 Å². The summed E-state index contributed by atoms with van der Waals surface area (Å²) in [5, 5.41) is 4.71. The van der Waals surface area contributed by atoms with Gasteiger partial charge in [0, 0.05) is 11.4 Å². The first-order chi connectivity index (χ1) is 14.6. The van der Waals surface area contributed by atoms with Crippen LogP contribution in [0.1, 0.15) is 28.9 Å². The number of hydrogen-bond acceptors (Lipinski definition) is 9. The van der Waals surface area contributed by atoms with E-state index in [0.717, 1.165) is 0 Å². The van der Waals surface area contributed by atoms with E-state index in [1.54, 1.807) is 42.6 Å². The number of ether oxygens (including phenoxy) is 4. The maximum absolute atomic E-state index is 12.4. The van der Waals surface area contributed by atoms with Gasteiger partial charge in [-0.1, -0.05) is 0 Å². The number of anilines is 1. The number of aromatic nitrogens is 1. The van der Waals surface area contributed by atoms with Crippen LogP contribution in [0.4, 0.5) is 5.13 Å². The van der Waals surface area contributed by atoms with Gasteiger partial charge >= 0.3 is 5.97 Å². The lowest BCUT2D eigenvalue weighted by molar-refractivity contribution is -0.142. The smallest absolute Gasteiger partial charge is 0.311 e. The summed E-state index contributed by atoms with van der Waals surface area (Å²) < 4.78 is 26.7. The predicted molar refractivity (Wildman–Crippen MR) is 106 cm³/mol. The van der Waals surface area contributed by atoms with E-state index in [-0.39, 0.29) is 31.6 Å². The van der Waals surface area contributed by atoms with E-state index in [2.05, 4.69) is 10.3 Å². The molecule has 10 heteroatoms. The minimum absolute atomic E-state index is 0.0578. The van der Waals surface area contributed by atoms with Crippen molar-refractivity contribution in [2.45, 2.75) is 20.0 Å². The number of hydrogen-bond donors (Lipinski definition) is 1. The van der Waals surface area contributed by atoms with E-state index in [1.807, 2.05) is 0 Å². The van der Waals surface area contributed by atoms with Crippen LogP contribution in [-0.4, -0.2) is 30.3 Å². The zero-order chi connectivity index (χ0) is 20.9. The lowest BCUT2D eigenvalue weighted by atomic mass is 10.3. The average Bonchev–Trinajstić information content (AvgIpc) is 3.47. The van der Waals surface area contributed by atoms with Gasteiger partial charge in [-0.2, -0.15) is 0 Å². The summed E-state index contributed by atoms with van der Waals surface area (Å²) >= 11 is 1.22. The molecule has 156 valence electrons. The fourth-order valence-corrected chi connectivity index (χ4v) is 3.37. The van der Waals surface area contributed by atoms with E-state index >= 15 is 0 Å². The van der Waals surface area contributed by atoms with Gasteiger partial charge in [0.05, 0.1) is 18.7 Å². The van der Waals surface area contributed by atoms with E-state index in [1.165, 1.54) is 11.3 Å². The third kappa shape index (κ3) is 4.71. The quantitative estimate of drug-likeness (QED) is 0.542. The normalized spacial score (nSPS) is 11.9. The molecule has 1 aliphatic heterocycles. The molecule has 2 aromatic heterocycles. The highest BCUT2D eigenvalue weighted by molar-refractivity contribution is 7.14. The van der Waals surface area contributed by atoms with Crippen molar-refractivity contribution in [3.63, 3.8) is 0 Å². The van der Waals surface area contributed by atoms with Gasteiger partial charge in [0.1, 0.15) is 18.1 Å². The Morgan fingerprint density at radius 3 is 2.93 bits per heavy atom. The number of carbonyl (C=O) groups excluding carboxylic acids is 2. The van der Waals surface area contributed by atoms with Crippen molar-refractivity contribution in [2.75, 3.05) is 18.7 Å². The lowest BCUT2D eigenvalue weighted by Gasteiger charge is -2.05. The van der Waals surface area contributed by atoms with Crippen molar-refractivity contribution >= 4 is 28.3 Å². The number of carbonyl (C=O) groups is 2. The number of nitrogens with one attached hydrogen (secondary N) is 1. The molecule has 0 unspecified atom stereocenters. The van der Waals surface area contributed by atoms with Crippen molar-refractivity contribution in [1.82, 2.24) is 4.98 Å². The largest absolute Gasteiger partial charge is 0.486 e. The Balaban J connectivity index is 1.31. The number of amides is 1. The minimum Gasteiger partial charge on any atom is -0.486 e. The first kappa shape index (κ1) is 19.8. The highest BCUT2D eigenvalue weighted by atomic mass is 32.1. The molecule has 1 aliphatic rings. The predicted octanol–water partition coefficient (Wildman–Crippen LogP) is 3.40. The SMILES string of the molecule is CCOC(=O)Cc1csc(NC(=O)c2ccc(COc3ccc4c(c3)OCO4)o2)n1. The monoisotopic (exact) mass is 430 g/mol. The third-order valence-corrected chi connectivity index (χ3v) is 4.82. The fraction of sp³-hybridized carbons (Fsp3) is 0.250. The Hall–Kier alpha value is -3.53. The number of furan rings is 1. The molecule has 9 nitrogen and oxygen atoms in total. The molecule has 1 N–H and O–H groups in total. The van der Waals surface area contributed by atoms with Crippen molar-refractivity contribution < 1.29 is 33.0 Å². The van der Waals surface area contributed by atoms with Crippen molar-refractivity contribution in [2.24, 2.45) is 0 Å². The fourth-order valence-electron chi connectivity index (χ4n) is 2.66. The van der Waals surface area contributed by atoms with Gasteiger partial charge in [0.25, 0.3) is 5.91 Å². The molecule has 30 heavy (non-hydrogen) atoms. The molecule has 1 aromatic carbocycles. The summed E-state index contributed by atoms with van der Waals surface area (Å²) in [4.78, 5) is 28.1. The maximum atomic E-state index is 12.4. The van der Waals surface area contributed by atoms with Gasteiger partial charge in [0.2, 0.25) is 6.79 Å². The van der Waals surface area contributed by atoms with Crippen molar-refractivity contribution in [1.29, 1.82) is 0 Å². The Morgan fingerprint density at radius 1 is 1.20 bits per heavy atom. The van der Waals surface area contributed by atoms with Gasteiger partial charge in [-0.25, -0.2) is 4.98 Å². The summed E-state index contributed by atoms with van der Waals surface area (Å²) in [6.07, 6.45) is 0.0578. The standard InChI is InChI=1S/C20H18N2O7S/c1-2-25-18(23)7-12-10-30-20(21-12)22-19(24)16-6-4-14(29-16)9-26-13-3-5-15-17(8-13)28-11-27-15/h3-6,8,10H,2,7,9,11H2,1H3,(H,21,22,24). The van der Waals surface area contributed by atoms with Crippen LogP contribution in [0.15, 0.2) is 40.1 Å². The number of thiazole rings is 1. The number of rotatable bonds is 8. The van der Waals surface area contributed by atoms with E-state index in [9.17, 15) is 9.59 Å². The zero-order valence-corrected chi connectivity index (χ0v) is 16.8. The van der Waals surface area contributed by atoms with Crippen molar-refractivity contribution in [3.8, 4) is 17.2 Å². The molecule has 0 fully saturated rings. The Kier molecular flexibility index (Phi) is 5.84.